The van der Waals surface area contributed by atoms with Gasteiger partial charge in [-0.25, -0.2) is 4.79 Å². The monoisotopic (exact) mass is 525 g/mol. The van der Waals surface area contributed by atoms with Crippen LogP contribution in [0.2, 0.25) is 5.02 Å². The molecule has 0 aliphatic heterocycles. The van der Waals surface area contributed by atoms with Crippen molar-refractivity contribution >= 4 is 50.3 Å². The summed E-state index contributed by atoms with van der Waals surface area (Å²) in [6, 6.07) is 19.4. The average molecular weight is 527 g/mol. The molecule has 5 nitrogen and oxygen atoms in total. The van der Waals surface area contributed by atoms with Crippen LogP contribution in [0, 0.1) is 6.92 Å². The zero-order chi connectivity index (χ0) is 23.5. The molecule has 168 valence electrons. The van der Waals surface area contributed by atoms with E-state index in [0.717, 1.165) is 26.6 Å². The number of nitrogens with zero attached hydrogens (tertiary/aromatic N) is 1. The smallest absolute Gasteiger partial charge is 0.338 e. The molecule has 33 heavy (non-hydrogen) atoms. The number of halogens is 2. The number of rotatable bonds is 6. The topological polar surface area (TPSA) is 57.5 Å². The van der Waals surface area contributed by atoms with Crippen LogP contribution in [-0.2, 0) is 11.2 Å². The lowest BCUT2D eigenvalue weighted by Crippen LogP contribution is -2.14. The number of esters is 1. The Labute approximate surface area is 205 Å². The molecule has 0 unspecified atom stereocenters. The summed E-state index contributed by atoms with van der Waals surface area (Å²) in [7, 11) is 1.60. The molecule has 0 aliphatic carbocycles. The Kier molecular flexibility index (Phi) is 6.86. The molecule has 0 amide bonds. The van der Waals surface area contributed by atoms with Crippen molar-refractivity contribution in [3.05, 3.63) is 98.6 Å². The summed E-state index contributed by atoms with van der Waals surface area (Å²) in [4.78, 5) is 25.7. The molecule has 0 spiro atoms. The molecular weight excluding hydrogens is 506 g/mol. The van der Waals surface area contributed by atoms with Gasteiger partial charge in [-0.3, -0.25) is 9.36 Å². The maximum absolute atomic E-state index is 13.4. The number of fused-ring (bicyclic) bond motifs is 1. The lowest BCUT2D eigenvalue weighted by atomic mass is 10.1. The SMILES string of the molecule is COc1ccc2c(c1)c(CCOC(=O)c1ccc(Br)cc1)c(C)n2C(=O)c1ccc(Cl)cc1. The van der Waals surface area contributed by atoms with Crippen LogP contribution in [0.4, 0.5) is 0 Å². The predicted octanol–water partition coefficient (Wildman–Crippen LogP) is 6.46. The Bertz CT molecular complexity index is 1330. The second-order valence-electron chi connectivity index (χ2n) is 7.49. The van der Waals surface area contributed by atoms with Crippen LogP contribution >= 0.6 is 27.5 Å². The quantitative estimate of drug-likeness (QED) is 0.271. The second-order valence-corrected chi connectivity index (χ2v) is 8.84. The minimum atomic E-state index is -0.390. The van der Waals surface area contributed by atoms with E-state index >= 15 is 0 Å². The van der Waals surface area contributed by atoms with Crippen LogP contribution in [0.3, 0.4) is 0 Å². The van der Waals surface area contributed by atoms with Crippen LogP contribution in [0.5, 0.6) is 5.75 Å². The standard InChI is InChI=1S/C26H21BrClNO4/c1-16-22(13-14-33-26(31)18-3-7-19(27)8-4-18)23-15-21(32-2)11-12-24(23)29(16)25(30)17-5-9-20(28)10-6-17/h3-12,15H,13-14H2,1-2H3. The van der Waals surface area contributed by atoms with Gasteiger partial charge in [0.25, 0.3) is 5.91 Å². The summed E-state index contributed by atoms with van der Waals surface area (Å²) < 4.78 is 13.5. The van der Waals surface area contributed by atoms with Gasteiger partial charge in [-0.15, -0.1) is 0 Å². The summed E-state index contributed by atoms with van der Waals surface area (Å²) in [5.41, 5.74) is 3.50. The minimum Gasteiger partial charge on any atom is -0.497 e. The Morgan fingerprint density at radius 3 is 2.30 bits per heavy atom. The maximum atomic E-state index is 13.4. The van der Waals surface area contributed by atoms with Gasteiger partial charge in [-0.2, -0.15) is 0 Å². The largest absolute Gasteiger partial charge is 0.497 e. The summed E-state index contributed by atoms with van der Waals surface area (Å²) in [6.07, 6.45) is 0.457. The maximum Gasteiger partial charge on any atom is 0.338 e. The van der Waals surface area contributed by atoms with Gasteiger partial charge in [0, 0.05) is 32.6 Å². The summed E-state index contributed by atoms with van der Waals surface area (Å²) >= 11 is 9.34. The van der Waals surface area contributed by atoms with E-state index in [1.54, 1.807) is 60.2 Å². The molecule has 0 radical (unpaired) electrons. The van der Waals surface area contributed by atoms with Crippen LogP contribution in [0.15, 0.2) is 71.2 Å². The van der Waals surface area contributed by atoms with Gasteiger partial charge < -0.3 is 9.47 Å². The fourth-order valence-corrected chi connectivity index (χ4v) is 4.19. The van der Waals surface area contributed by atoms with Gasteiger partial charge in [-0.05, 0) is 79.2 Å². The fraction of sp³-hybridized carbons (Fsp3) is 0.154. The number of ether oxygens (including phenoxy) is 2. The highest BCUT2D eigenvalue weighted by molar-refractivity contribution is 9.10. The first kappa shape index (κ1) is 23.1. The molecular formula is C26H21BrClNO4. The van der Waals surface area contributed by atoms with E-state index in [1.165, 1.54) is 0 Å². The average Bonchev–Trinajstić information content (AvgIpc) is 3.10. The van der Waals surface area contributed by atoms with E-state index in [0.29, 0.717) is 28.3 Å². The predicted molar refractivity (Wildman–Crippen MR) is 133 cm³/mol. The minimum absolute atomic E-state index is 0.155. The normalized spacial score (nSPS) is 10.9. The Balaban J connectivity index is 1.65. The summed E-state index contributed by atoms with van der Waals surface area (Å²) in [5.74, 6) is 0.142. The molecule has 0 bridgehead atoms. The van der Waals surface area contributed by atoms with Crippen molar-refractivity contribution in [3.8, 4) is 5.75 Å². The van der Waals surface area contributed by atoms with Gasteiger partial charge in [-0.1, -0.05) is 27.5 Å². The molecule has 3 aromatic carbocycles. The Morgan fingerprint density at radius 1 is 0.970 bits per heavy atom. The Morgan fingerprint density at radius 2 is 1.64 bits per heavy atom. The highest BCUT2D eigenvalue weighted by Gasteiger charge is 2.21. The second kappa shape index (κ2) is 9.81. The summed E-state index contributed by atoms with van der Waals surface area (Å²) in [6.45, 7) is 2.08. The first-order chi connectivity index (χ1) is 15.9. The molecule has 7 heteroatoms. The van der Waals surface area contributed by atoms with Gasteiger partial charge in [0.15, 0.2) is 0 Å². The number of aromatic nitrogens is 1. The van der Waals surface area contributed by atoms with Crippen molar-refractivity contribution in [2.45, 2.75) is 13.3 Å². The number of methoxy groups -OCH3 is 1. The third kappa shape index (κ3) is 4.82. The number of hydrogen-bond donors (Lipinski definition) is 0. The van der Waals surface area contributed by atoms with Gasteiger partial charge >= 0.3 is 5.97 Å². The molecule has 1 aromatic heterocycles. The first-order valence-corrected chi connectivity index (χ1v) is 11.5. The molecule has 1 heterocycles. The van der Waals surface area contributed by atoms with E-state index in [-0.39, 0.29) is 12.5 Å². The summed E-state index contributed by atoms with van der Waals surface area (Å²) in [5, 5.41) is 1.45. The third-order valence-corrected chi connectivity index (χ3v) is 6.28. The van der Waals surface area contributed by atoms with E-state index < -0.39 is 5.97 Å². The van der Waals surface area contributed by atoms with Crippen LogP contribution in [0.25, 0.3) is 10.9 Å². The zero-order valence-corrected chi connectivity index (χ0v) is 20.4. The van der Waals surface area contributed by atoms with E-state index in [4.69, 9.17) is 21.1 Å². The third-order valence-electron chi connectivity index (χ3n) is 5.50. The van der Waals surface area contributed by atoms with Crippen molar-refractivity contribution in [3.63, 3.8) is 0 Å². The molecule has 0 aliphatic rings. The van der Waals surface area contributed by atoms with Crippen molar-refractivity contribution < 1.29 is 19.1 Å². The van der Waals surface area contributed by atoms with Crippen molar-refractivity contribution in [2.24, 2.45) is 0 Å². The van der Waals surface area contributed by atoms with E-state index in [2.05, 4.69) is 15.9 Å². The highest BCUT2D eigenvalue weighted by atomic mass is 79.9. The van der Waals surface area contributed by atoms with E-state index in [9.17, 15) is 9.59 Å². The highest BCUT2D eigenvalue weighted by Crippen LogP contribution is 2.31. The van der Waals surface area contributed by atoms with Crippen LogP contribution in [-0.4, -0.2) is 30.2 Å². The number of hydrogen-bond acceptors (Lipinski definition) is 4. The van der Waals surface area contributed by atoms with Crippen molar-refractivity contribution in [2.75, 3.05) is 13.7 Å². The van der Waals surface area contributed by atoms with Gasteiger partial charge in [0.05, 0.1) is 24.8 Å². The lowest BCUT2D eigenvalue weighted by Gasteiger charge is -2.08. The molecule has 0 atom stereocenters. The molecule has 4 rings (SSSR count). The van der Waals surface area contributed by atoms with Crippen LogP contribution < -0.4 is 4.74 Å². The number of benzene rings is 3. The molecule has 0 fully saturated rings. The fourth-order valence-electron chi connectivity index (χ4n) is 3.80. The molecule has 0 saturated heterocycles. The van der Waals surface area contributed by atoms with Gasteiger partial charge in [0.2, 0.25) is 0 Å². The number of carbonyl (C=O) groups excluding carboxylic acids is 2. The first-order valence-electron chi connectivity index (χ1n) is 10.3. The van der Waals surface area contributed by atoms with Crippen molar-refractivity contribution in [1.82, 2.24) is 4.57 Å². The molecule has 0 saturated carbocycles. The van der Waals surface area contributed by atoms with Gasteiger partial charge in [0.1, 0.15) is 5.75 Å². The molecule has 0 N–H and O–H groups in total. The number of carbonyl (C=O) groups is 2. The van der Waals surface area contributed by atoms with E-state index in [1.807, 2.05) is 25.1 Å². The molecule has 4 aromatic rings. The van der Waals surface area contributed by atoms with Crippen LogP contribution in [0.1, 0.15) is 32.0 Å². The lowest BCUT2D eigenvalue weighted by molar-refractivity contribution is 0.0509. The Hall–Kier alpha value is -3.09. The zero-order valence-electron chi connectivity index (χ0n) is 18.1. The van der Waals surface area contributed by atoms with Crippen molar-refractivity contribution in [1.29, 1.82) is 0 Å².